The largest absolute Gasteiger partial charge is 0.355 e. The van der Waals surface area contributed by atoms with E-state index in [9.17, 15) is 4.79 Å². The molecule has 1 amide bonds. The Bertz CT molecular complexity index is 719. The Hall–Kier alpha value is -2.36. The Labute approximate surface area is 143 Å². The molecular formula is C20H25N3O. The molecule has 1 aromatic carbocycles. The van der Waals surface area contributed by atoms with Gasteiger partial charge in [0.15, 0.2) is 0 Å². The van der Waals surface area contributed by atoms with Crippen molar-refractivity contribution in [3.63, 3.8) is 0 Å². The molecule has 1 saturated heterocycles. The van der Waals surface area contributed by atoms with Gasteiger partial charge in [0, 0.05) is 30.7 Å². The number of hydrogen-bond acceptors (Lipinski definition) is 3. The van der Waals surface area contributed by atoms with Gasteiger partial charge in [0.25, 0.3) is 5.91 Å². The van der Waals surface area contributed by atoms with Crippen LogP contribution in [0.1, 0.15) is 47.3 Å². The van der Waals surface area contributed by atoms with Crippen molar-refractivity contribution in [2.24, 2.45) is 0 Å². The molecule has 1 aromatic heterocycles. The number of nitrogens with one attached hydrogen (secondary N) is 1. The summed E-state index contributed by atoms with van der Waals surface area (Å²) in [5, 5.41) is 3.40. The molecule has 3 rings (SSSR count). The van der Waals surface area contributed by atoms with Crippen molar-refractivity contribution < 1.29 is 4.79 Å². The first-order valence-corrected chi connectivity index (χ1v) is 8.73. The van der Waals surface area contributed by atoms with E-state index < -0.39 is 0 Å². The van der Waals surface area contributed by atoms with Crippen molar-refractivity contribution in [2.45, 2.75) is 39.5 Å². The van der Waals surface area contributed by atoms with E-state index in [4.69, 9.17) is 0 Å². The van der Waals surface area contributed by atoms with Gasteiger partial charge in [0.2, 0.25) is 0 Å². The van der Waals surface area contributed by atoms with Gasteiger partial charge in [0.05, 0.1) is 0 Å². The van der Waals surface area contributed by atoms with Gasteiger partial charge < -0.3 is 10.2 Å². The van der Waals surface area contributed by atoms with Crippen LogP contribution in [0, 0.1) is 13.8 Å². The zero-order valence-corrected chi connectivity index (χ0v) is 14.5. The number of likely N-dealkylation sites (tertiary alicyclic amines) is 1. The SMILES string of the molecule is Cc1ccc(Nc2ccnc(C(=O)N3CCCCCC3)c2)c(C)c1. The lowest BCUT2D eigenvalue weighted by Gasteiger charge is -2.20. The van der Waals surface area contributed by atoms with Gasteiger partial charge in [-0.05, 0) is 50.5 Å². The summed E-state index contributed by atoms with van der Waals surface area (Å²) in [6, 6.07) is 10.1. The van der Waals surface area contributed by atoms with Crippen LogP contribution in [-0.4, -0.2) is 28.9 Å². The lowest BCUT2D eigenvalue weighted by molar-refractivity contribution is 0.0756. The second-order valence-electron chi connectivity index (χ2n) is 6.58. The molecule has 0 saturated carbocycles. The van der Waals surface area contributed by atoms with E-state index in [0.717, 1.165) is 37.3 Å². The number of nitrogens with zero attached hydrogens (tertiary/aromatic N) is 2. The molecule has 24 heavy (non-hydrogen) atoms. The average molecular weight is 323 g/mol. The standard InChI is InChI=1S/C20H25N3O/c1-15-7-8-18(16(2)13-15)22-17-9-10-21-19(14-17)20(24)23-11-5-3-4-6-12-23/h7-10,13-14H,3-6,11-12H2,1-2H3,(H,21,22). The predicted molar refractivity (Wildman–Crippen MR) is 97.8 cm³/mol. The lowest BCUT2D eigenvalue weighted by atomic mass is 10.1. The molecule has 1 aliphatic heterocycles. The van der Waals surface area contributed by atoms with Crippen LogP contribution < -0.4 is 5.32 Å². The zero-order chi connectivity index (χ0) is 16.9. The minimum Gasteiger partial charge on any atom is -0.355 e. The van der Waals surface area contributed by atoms with Crippen molar-refractivity contribution >= 4 is 17.3 Å². The van der Waals surface area contributed by atoms with Gasteiger partial charge >= 0.3 is 0 Å². The minimum absolute atomic E-state index is 0.0428. The van der Waals surface area contributed by atoms with Crippen molar-refractivity contribution in [1.29, 1.82) is 0 Å². The molecule has 0 bridgehead atoms. The molecule has 0 atom stereocenters. The number of aromatic nitrogens is 1. The summed E-state index contributed by atoms with van der Waals surface area (Å²) in [6.45, 7) is 5.85. The van der Waals surface area contributed by atoms with E-state index >= 15 is 0 Å². The maximum atomic E-state index is 12.7. The summed E-state index contributed by atoms with van der Waals surface area (Å²) in [6.07, 6.45) is 6.31. The summed E-state index contributed by atoms with van der Waals surface area (Å²) in [5.41, 5.74) is 4.90. The van der Waals surface area contributed by atoms with Gasteiger partial charge in [-0.3, -0.25) is 9.78 Å². The maximum absolute atomic E-state index is 12.7. The Morgan fingerprint density at radius 3 is 2.50 bits per heavy atom. The number of anilines is 2. The number of amides is 1. The number of benzene rings is 1. The number of carbonyl (C=O) groups is 1. The third-order valence-electron chi connectivity index (χ3n) is 4.53. The molecular weight excluding hydrogens is 298 g/mol. The van der Waals surface area contributed by atoms with Gasteiger partial charge in [-0.2, -0.15) is 0 Å². The van der Waals surface area contributed by atoms with E-state index in [0.29, 0.717) is 5.69 Å². The van der Waals surface area contributed by atoms with Gasteiger partial charge in [-0.1, -0.05) is 30.5 Å². The van der Waals surface area contributed by atoms with E-state index in [1.807, 2.05) is 17.0 Å². The van der Waals surface area contributed by atoms with Gasteiger partial charge in [-0.15, -0.1) is 0 Å². The van der Waals surface area contributed by atoms with Crippen LogP contribution in [0.15, 0.2) is 36.5 Å². The summed E-state index contributed by atoms with van der Waals surface area (Å²) in [5.74, 6) is 0.0428. The van der Waals surface area contributed by atoms with E-state index in [2.05, 4.69) is 42.3 Å². The number of hydrogen-bond donors (Lipinski definition) is 1. The molecule has 2 heterocycles. The van der Waals surface area contributed by atoms with Crippen LogP contribution in [0.25, 0.3) is 0 Å². The fraction of sp³-hybridized carbons (Fsp3) is 0.400. The highest BCUT2D eigenvalue weighted by atomic mass is 16.2. The monoisotopic (exact) mass is 323 g/mol. The smallest absolute Gasteiger partial charge is 0.272 e. The second kappa shape index (κ2) is 7.47. The predicted octanol–water partition coefficient (Wildman–Crippen LogP) is 4.46. The number of rotatable bonds is 3. The van der Waals surface area contributed by atoms with Crippen LogP contribution in [-0.2, 0) is 0 Å². The van der Waals surface area contributed by atoms with E-state index in [1.54, 1.807) is 6.20 Å². The third-order valence-corrected chi connectivity index (χ3v) is 4.53. The topological polar surface area (TPSA) is 45.2 Å². The van der Waals surface area contributed by atoms with Crippen molar-refractivity contribution in [2.75, 3.05) is 18.4 Å². The summed E-state index contributed by atoms with van der Waals surface area (Å²) < 4.78 is 0. The Morgan fingerprint density at radius 2 is 1.79 bits per heavy atom. The first-order chi connectivity index (χ1) is 11.6. The normalized spacial score (nSPS) is 15.0. The maximum Gasteiger partial charge on any atom is 0.272 e. The Morgan fingerprint density at radius 1 is 1.04 bits per heavy atom. The minimum atomic E-state index is 0.0428. The fourth-order valence-electron chi connectivity index (χ4n) is 3.17. The highest BCUT2D eigenvalue weighted by Crippen LogP contribution is 2.22. The number of carbonyl (C=O) groups excluding carboxylic acids is 1. The molecule has 4 nitrogen and oxygen atoms in total. The molecule has 4 heteroatoms. The highest BCUT2D eigenvalue weighted by Gasteiger charge is 2.18. The molecule has 1 fully saturated rings. The van der Waals surface area contributed by atoms with Crippen molar-refractivity contribution in [3.05, 3.63) is 53.3 Å². The average Bonchev–Trinajstić information content (AvgIpc) is 2.86. The molecule has 0 unspecified atom stereocenters. The lowest BCUT2D eigenvalue weighted by Crippen LogP contribution is -2.32. The zero-order valence-electron chi connectivity index (χ0n) is 14.5. The van der Waals surface area contributed by atoms with Crippen molar-refractivity contribution in [3.8, 4) is 0 Å². The molecule has 2 aromatic rings. The second-order valence-corrected chi connectivity index (χ2v) is 6.58. The van der Waals surface area contributed by atoms with Gasteiger partial charge in [-0.25, -0.2) is 0 Å². The van der Waals surface area contributed by atoms with Gasteiger partial charge in [0.1, 0.15) is 5.69 Å². The molecule has 0 aliphatic carbocycles. The third kappa shape index (κ3) is 3.94. The molecule has 0 radical (unpaired) electrons. The highest BCUT2D eigenvalue weighted by molar-refractivity contribution is 5.93. The van der Waals surface area contributed by atoms with Crippen LogP contribution in [0.5, 0.6) is 0 Å². The summed E-state index contributed by atoms with van der Waals surface area (Å²) in [4.78, 5) is 18.9. The van der Waals surface area contributed by atoms with Crippen LogP contribution in [0.4, 0.5) is 11.4 Å². The van der Waals surface area contributed by atoms with Crippen molar-refractivity contribution in [1.82, 2.24) is 9.88 Å². The molecule has 0 spiro atoms. The number of aryl methyl sites for hydroxylation is 2. The molecule has 1 N–H and O–H groups in total. The molecule has 126 valence electrons. The summed E-state index contributed by atoms with van der Waals surface area (Å²) in [7, 11) is 0. The Kier molecular flexibility index (Phi) is 5.14. The van der Waals surface area contributed by atoms with E-state index in [1.165, 1.54) is 24.0 Å². The van der Waals surface area contributed by atoms with E-state index in [-0.39, 0.29) is 5.91 Å². The van der Waals surface area contributed by atoms with Crippen LogP contribution in [0.3, 0.4) is 0 Å². The summed E-state index contributed by atoms with van der Waals surface area (Å²) >= 11 is 0. The first kappa shape index (κ1) is 16.5. The molecule has 1 aliphatic rings. The van der Waals surface area contributed by atoms with Crippen LogP contribution >= 0.6 is 0 Å². The fourth-order valence-corrected chi connectivity index (χ4v) is 3.17. The first-order valence-electron chi connectivity index (χ1n) is 8.73. The van der Waals surface area contributed by atoms with Crippen LogP contribution in [0.2, 0.25) is 0 Å². The Balaban J connectivity index is 1.77. The quantitative estimate of drug-likeness (QED) is 0.907. The number of pyridine rings is 1.